The number of fused-ring (bicyclic) bond motifs is 2. The first-order chi connectivity index (χ1) is 9.33. The maximum atomic E-state index is 4.45. The summed E-state index contributed by atoms with van der Waals surface area (Å²) < 4.78 is 1.85. The molecular formula is C11H13N7S. The van der Waals surface area contributed by atoms with Crippen LogP contribution in [0.2, 0.25) is 0 Å². The van der Waals surface area contributed by atoms with E-state index in [4.69, 9.17) is 0 Å². The summed E-state index contributed by atoms with van der Waals surface area (Å²) in [6, 6.07) is 0. The molecule has 0 aromatic carbocycles. The van der Waals surface area contributed by atoms with Crippen LogP contribution in [0.4, 0.5) is 11.6 Å². The highest BCUT2D eigenvalue weighted by molar-refractivity contribution is 7.99. The van der Waals surface area contributed by atoms with Crippen LogP contribution >= 0.6 is 11.8 Å². The largest absolute Gasteiger partial charge is 0.356 e. The molecule has 0 saturated carbocycles. The lowest BCUT2D eigenvalue weighted by molar-refractivity contribution is 0.767. The predicted molar refractivity (Wildman–Crippen MR) is 71.4 cm³/mol. The van der Waals surface area contributed by atoms with Gasteiger partial charge in [-0.1, -0.05) is 0 Å². The molecule has 0 spiro atoms. The van der Waals surface area contributed by atoms with Crippen LogP contribution in [0.1, 0.15) is 18.7 Å². The number of nitrogens with zero attached hydrogens (tertiary/aromatic N) is 6. The standard InChI is InChI=1S/C11H13N7S/c1-7-14-15-11-18(7)16-9-8(19-11)10(13-6-12-9)17-4-2-3-5-17/h6H,2-5H2,1H3,(H,12,13,16). The number of nitrogens with one attached hydrogen (secondary N) is 1. The molecule has 0 amide bonds. The Morgan fingerprint density at radius 1 is 1.21 bits per heavy atom. The lowest BCUT2D eigenvalue weighted by Crippen LogP contribution is -2.23. The fourth-order valence-electron chi connectivity index (χ4n) is 2.43. The second-order valence-electron chi connectivity index (χ2n) is 4.65. The second-order valence-corrected chi connectivity index (χ2v) is 5.63. The van der Waals surface area contributed by atoms with Gasteiger partial charge in [0, 0.05) is 13.1 Å². The molecule has 1 saturated heterocycles. The molecule has 0 unspecified atom stereocenters. The van der Waals surface area contributed by atoms with Crippen molar-refractivity contribution in [3.8, 4) is 0 Å². The number of rotatable bonds is 1. The van der Waals surface area contributed by atoms with Gasteiger partial charge in [0.15, 0.2) is 5.82 Å². The average Bonchev–Trinajstić information content (AvgIpc) is 3.07. The quantitative estimate of drug-likeness (QED) is 0.718. The van der Waals surface area contributed by atoms with Gasteiger partial charge in [-0.2, -0.15) is 0 Å². The molecule has 98 valence electrons. The molecule has 0 bridgehead atoms. The van der Waals surface area contributed by atoms with Crippen molar-refractivity contribution in [3.05, 3.63) is 12.2 Å². The minimum atomic E-state index is 0.828. The number of aromatic nitrogens is 5. The summed E-state index contributed by atoms with van der Waals surface area (Å²) in [6.45, 7) is 4.04. The van der Waals surface area contributed by atoms with Crippen LogP contribution in [0, 0.1) is 6.92 Å². The summed E-state index contributed by atoms with van der Waals surface area (Å²) in [5.74, 6) is 2.67. The van der Waals surface area contributed by atoms with E-state index in [1.807, 2.05) is 11.6 Å². The normalized spacial score (nSPS) is 17.0. The number of hydrogen-bond acceptors (Lipinski definition) is 7. The van der Waals surface area contributed by atoms with Crippen LogP contribution in [-0.2, 0) is 0 Å². The summed E-state index contributed by atoms with van der Waals surface area (Å²) in [6.07, 6.45) is 4.07. The lowest BCUT2D eigenvalue weighted by atomic mass is 10.4. The van der Waals surface area contributed by atoms with Crippen LogP contribution in [0.5, 0.6) is 0 Å². The monoisotopic (exact) mass is 275 g/mol. The van der Waals surface area contributed by atoms with Crippen LogP contribution in [0.3, 0.4) is 0 Å². The fraction of sp³-hybridized carbons (Fsp3) is 0.455. The van der Waals surface area contributed by atoms with E-state index in [1.54, 1.807) is 18.1 Å². The van der Waals surface area contributed by atoms with Gasteiger partial charge in [-0.15, -0.1) is 10.2 Å². The molecule has 8 heteroatoms. The third-order valence-corrected chi connectivity index (χ3v) is 4.42. The Hall–Kier alpha value is -1.83. The van der Waals surface area contributed by atoms with E-state index in [9.17, 15) is 0 Å². The van der Waals surface area contributed by atoms with E-state index < -0.39 is 0 Å². The molecule has 0 radical (unpaired) electrons. The van der Waals surface area contributed by atoms with Gasteiger partial charge in [-0.3, -0.25) is 5.43 Å². The summed E-state index contributed by atoms with van der Waals surface area (Å²) in [7, 11) is 0. The van der Waals surface area contributed by atoms with Crippen molar-refractivity contribution in [2.24, 2.45) is 0 Å². The van der Waals surface area contributed by atoms with Crippen molar-refractivity contribution in [1.29, 1.82) is 0 Å². The SMILES string of the molecule is Cc1nnc2n1Nc1ncnc(N3CCCC3)c1S2. The molecule has 4 rings (SSSR count). The number of hydrogen-bond donors (Lipinski definition) is 1. The first-order valence-electron chi connectivity index (χ1n) is 6.30. The molecule has 7 nitrogen and oxygen atoms in total. The lowest BCUT2D eigenvalue weighted by Gasteiger charge is -2.24. The molecule has 19 heavy (non-hydrogen) atoms. The minimum Gasteiger partial charge on any atom is -0.356 e. The Morgan fingerprint density at radius 3 is 2.89 bits per heavy atom. The smallest absolute Gasteiger partial charge is 0.215 e. The third-order valence-electron chi connectivity index (χ3n) is 3.40. The summed E-state index contributed by atoms with van der Waals surface area (Å²) in [4.78, 5) is 12.1. The highest BCUT2D eigenvalue weighted by Crippen LogP contribution is 2.41. The van der Waals surface area contributed by atoms with E-state index in [2.05, 4.69) is 30.5 Å². The average molecular weight is 275 g/mol. The van der Waals surface area contributed by atoms with Gasteiger partial charge < -0.3 is 4.90 Å². The van der Waals surface area contributed by atoms with E-state index >= 15 is 0 Å². The van der Waals surface area contributed by atoms with E-state index in [1.165, 1.54) is 12.8 Å². The van der Waals surface area contributed by atoms with Gasteiger partial charge in [-0.05, 0) is 31.5 Å². The van der Waals surface area contributed by atoms with Crippen LogP contribution < -0.4 is 10.3 Å². The van der Waals surface area contributed by atoms with Gasteiger partial charge >= 0.3 is 0 Å². The van der Waals surface area contributed by atoms with Crippen molar-refractivity contribution in [3.63, 3.8) is 0 Å². The van der Waals surface area contributed by atoms with Crippen molar-refractivity contribution in [2.75, 3.05) is 23.4 Å². The molecule has 2 aliphatic heterocycles. The Morgan fingerprint density at radius 2 is 2.05 bits per heavy atom. The second kappa shape index (κ2) is 4.09. The Balaban J connectivity index is 1.79. The van der Waals surface area contributed by atoms with Crippen LogP contribution in [-0.4, -0.2) is 37.9 Å². The van der Waals surface area contributed by atoms with Gasteiger partial charge in [-0.25, -0.2) is 14.6 Å². The van der Waals surface area contributed by atoms with Crippen LogP contribution in [0.15, 0.2) is 16.4 Å². The summed E-state index contributed by atoms with van der Waals surface area (Å²) in [5.41, 5.74) is 3.25. The third kappa shape index (κ3) is 1.66. The van der Waals surface area contributed by atoms with Crippen molar-refractivity contribution in [1.82, 2.24) is 24.8 Å². The Bertz CT molecular complexity index is 632. The molecule has 1 N–H and O–H groups in total. The Labute approximate surface area is 114 Å². The van der Waals surface area contributed by atoms with Crippen molar-refractivity contribution >= 4 is 23.4 Å². The number of anilines is 2. The van der Waals surface area contributed by atoms with Gasteiger partial charge in [0.05, 0.1) is 0 Å². The summed E-state index contributed by atoms with van der Waals surface area (Å²) >= 11 is 1.58. The van der Waals surface area contributed by atoms with Gasteiger partial charge in [0.2, 0.25) is 5.16 Å². The maximum absolute atomic E-state index is 4.45. The topological polar surface area (TPSA) is 71.8 Å². The van der Waals surface area contributed by atoms with Crippen LogP contribution in [0.25, 0.3) is 0 Å². The van der Waals surface area contributed by atoms with Gasteiger partial charge in [0.1, 0.15) is 22.9 Å². The molecule has 1 fully saturated rings. The highest BCUT2D eigenvalue weighted by atomic mass is 32.2. The van der Waals surface area contributed by atoms with E-state index in [-0.39, 0.29) is 0 Å². The summed E-state index contributed by atoms with van der Waals surface area (Å²) in [5, 5.41) is 9.07. The Kier molecular flexibility index (Phi) is 2.37. The van der Waals surface area contributed by atoms with Crippen molar-refractivity contribution < 1.29 is 0 Å². The van der Waals surface area contributed by atoms with E-state index in [0.717, 1.165) is 40.6 Å². The molecule has 2 aromatic heterocycles. The first-order valence-corrected chi connectivity index (χ1v) is 7.11. The highest BCUT2D eigenvalue weighted by Gasteiger charge is 2.27. The first kappa shape index (κ1) is 11.0. The zero-order valence-corrected chi connectivity index (χ0v) is 11.3. The molecular weight excluding hydrogens is 262 g/mol. The number of aryl methyl sites for hydroxylation is 1. The maximum Gasteiger partial charge on any atom is 0.215 e. The van der Waals surface area contributed by atoms with Crippen molar-refractivity contribution in [2.45, 2.75) is 29.8 Å². The van der Waals surface area contributed by atoms with E-state index in [0.29, 0.717) is 0 Å². The molecule has 2 aromatic rings. The molecule has 0 aliphatic carbocycles. The molecule has 0 atom stereocenters. The zero-order valence-electron chi connectivity index (χ0n) is 10.5. The predicted octanol–water partition coefficient (Wildman–Crippen LogP) is 1.32. The molecule has 2 aliphatic rings. The molecule has 4 heterocycles. The fourth-order valence-corrected chi connectivity index (χ4v) is 3.43. The zero-order chi connectivity index (χ0) is 12.8. The van der Waals surface area contributed by atoms with Gasteiger partial charge in [0.25, 0.3) is 0 Å². The minimum absolute atomic E-state index is 0.828.